The van der Waals surface area contributed by atoms with Crippen LogP contribution in [-0.4, -0.2) is 35.7 Å². The van der Waals surface area contributed by atoms with Gasteiger partial charge in [-0.15, -0.1) is 0 Å². The van der Waals surface area contributed by atoms with E-state index in [1.54, 1.807) is 0 Å². The maximum atomic E-state index is 10.5. The van der Waals surface area contributed by atoms with Gasteiger partial charge in [-0.25, -0.2) is 4.79 Å². The van der Waals surface area contributed by atoms with Gasteiger partial charge in [0, 0.05) is 5.10 Å². The third-order valence-electron chi connectivity index (χ3n) is 1.55. The number of hydrogen-bond donors (Lipinski definition) is 1. The quantitative estimate of drug-likeness (QED) is 0.562. The number of aromatic nitrogens is 4. The highest BCUT2D eigenvalue weighted by Gasteiger charge is 2.19. The van der Waals surface area contributed by atoms with Gasteiger partial charge in [-0.3, -0.25) is 0 Å². The third kappa shape index (κ3) is 1.58. The molecule has 2 rings (SSSR count). The van der Waals surface area contributed by atoms with E-state index in [2.05, 4.69) is 15.1 Å². The average molecular weight is 225 g/mol. The first-order valence-corrected chi connectivity index (χ1v) is 3.83. The fraction of sp³-hybridized carbons (Fsp3) is 0. The maximum Gasteiger partial charge on any atom is 0.491 e. The lowest BCUT2D eigenvalue weighted by Gasteiger charge is -1.85. The Balaban J connectivity index is 2.35. The molecule has 2 aromatic heterocycles. The molecule has 0 saturated carbocycles. The van der Waals surface area contributed by atoms with Gasteiger partial charge >= 0.3 is 17.9 Å². The van der Waals surface area contributed by atoms with Gasteiger partial charge in [0.1, 0.15) is 6.26 Å². The number of carbonyl (C=O) groups is 1. The second-order valence-corrected chi connectivity index (χ2v) is 2.57. The Labute approximate surface area is 86.3 Å². The van der Waals surface area contributed by atoms with Crippen molar-refractivity contribution in [1.82, 2.24) is 19.7 Å². The number of nitro groups is 1. The van der Waals surface area contributed by atoms with E-state index in [1.807, 2.05) is 0 Å². The summed E-state index contributed by atoms with van der Waals surface area (Å²) < 4.78 is 5.62. The molecule has 16 heavy (non-hydrogen) atoms. The molecule has 1 N–H and O–H groups in total. The molecule has 0 amide bonds. The fourth-order valence-corrected chi connectivity index (χ4v) is 0.898. The van der Waals surface area contributed by atoms with E-state index in [-0.39, 0.29) is 11.7 Å². The van der Waals surface area contributed by atoms with Gasteiger partial charge in [0.25, 0.3) is 0 Å². The molecular formula is C6H3N5O5. The van der Waals surface area contributed by atoms with Crippen molar-refractivity contribution in [3.63, 3.8) is 0 Å². The Bertz CT molecular complexity index is 507. The molecule has 0 fully saturated rings. The van der Waals surface area contributed by atoms with E-state index in [4.69, 9.17) is 9.52 Å². The van der Waals surface area contributed by atoms with Gasteiger partial charge in [-0.1, -0.05) is 9.67 Å². The highest BCUT2D eigenvalue weighted by Crippen LogP contribution is 2.08. The summed E-state index contributed by atoms with van der Waals surface area (Å²) in [6.07, 6.45) is 1.89. The summed E-state index contributed by atoms with van der Waals surface area (Å²) in [5.74, 6) is -1.90. The second kappa shape index (κ2) is 3.42. The van der Waals surface area contributed by atoms with Crippen molar-refractivity contribution in [3.05, 3.63) is 28.4 Å². The van der Waals surface area contributed by atoms with Crippen LogP contribution in [0, 0.1) is 10.1 Å². The van der Waals surface area contributed by atoms with Crippen LogP contribution in [0.15, 0.2) is 17.0 Å². The number of nitrogens with zero attached hydrogens (tertiary/aromatic N) is 5. The monoisotopic (exact) mass is 225 g/mol. The summed E-state index contributed by atoms with van der Waals surface area (Å²) in [5, 5.41) is 22.3. The van der Waals surface area contributed by atoms with Crippen molar-refractivity contribution in [2.24, 2.45) is 0 Å². The van der Waals surface area contributed by atoms with Gasteiger partial charge in [0.15, 0.2) is 5.69 Å². The molecular weight excluding hydrogens is 222 g/mol. The number of rotatable bonds is 3. The predicted octanol–water partition coefficient (Wildman–Crippen LogP) is -0.138. The van der Waals surface area contributed by atoms with Crippen molar-refractivity contribution in [2.75, 3.05) is 0 Å². The van der Waals surface area contributed by atoms with Crippen LogP contribution in [0.2, 0.25) is 0 Å². The van der Waals surface area contributed by atoms with Crippen molar-refractivity contribution in [1.29, 1.82) is 0 Å². The summed E-state index contributed by atoms with van der Waals surface area (Å²) in [6.45, 7) is 0. The molecule has 0 saturated heterocycles. The molecule has 0 atom stereocenters. The van der Waals surface area contributed by atoms with Crippen molar-refractivity contribution in [3.8, 4) is 6.01 Å². The average Bonchev–Trinajstić information content (AvgIpc) is 2.86. The van der Waals surface area contributed by atoms with Crippen LogP contribution in [0.3, 0.4) is 0 Å². The zero-order valence-corrected chi connectivity index (χ0v) is 7.47. The van der Waals surface area contributed by atoms with Crippen LogP contribution < -0.4 is 0 Å². The standard InChI is InChI=1S/C6H3N5O5/c12-4(13)3-1-16-6(8-3)10-2-7-5(9-10)11(14)15/h1-2H,(H,12,13). The number of carboxylic acids is 1. The Morgan fingerprint density at radius 3 is 2.88 bits per heavy atom. The Hall–Kier alpha value is -2.78. The molecule has 10 heteroatoms. The molecule has 0 bridgehead atoms. The Morgan fingerprint density at radius 1 is 1.62 bits per heavy atom. The molecule has 0 aliphatic rings. The van der Waals surface area contributed by atoms with E-state index in [0.717, 1.165) is 17.3 Å². The van der Waals surface area contributed by atoms with Crippen LogP contribution in [0.25, 0.3) is 6.01 Å². The van der Waals surface area contributed by atoms with E-state index < -0.39 is 16.8 Å². The fourth-order valence-electron chi connectivity index (χ4n) is 0.898. The molecule has 0 aliphatic heterocycles. The summed E-state index contributed by atoms with van der Waals surface area (Å²) in [5.41, 5.74) is -0.326. The van der Waals surface area contributed by atoms with Gasteiger partial charge in [0.05, 0.1) is 0 Å². The molecule has 82 valence electrons. The maximum absolute atomic E-state index is 10.5. The Kier molecular flexibility index (Phi) is 2.08. The summed E-state index contributed by atoms with van der Waals surface area (Å²) >= 11 is 0. The summed E-state index contributed by atoms with van der Waals surface area (Å²) in [4.78, 5) is 26.8. The summed E-state index contributed by atoms with van der Waals surface area (Å²) in [7, 11) is 0. The lowest BCUT2D eigenvalue weighted by atomic mass is 10.5. The minimum absolute atomic E-state index is 0.210. The van der Waals surface area contributed by atoms with Crippen molar-refractivity contribution in [2.45, 2.75) is 0 Å². The van der Waals surface area contributed by atoms with Crippen molar-refractivity contribution < 1.29 is 19.2 Å². The lowest BCUT2D eigenvalue weighted by molar-refractivity contribution is -0.394. The van der Waals surface area contributed by atoms with Crippen LogP contribution in [0.4, 0.5) is 5.95 Å². The summed E-state index contributed by atoms with van der Waals surface area (Å²) in [6, 6.07) is -0.210. The second-order valence-electron chi connectivity index (χ2n) is 2.57. The first-order valence-electron chi connectivity index (χ1n) is 3.83. The van der Waals surface area contributed by atoms with Crippen molar-refractivity contribution >= 4 is 11.9 Å². The number of oxazole rings is 1. The lowest BCUT2D eigenvalue weighted by Crippen LogP contribution is -2.00. The van der Waals surface area contributed by atoms with Gasteiger partial charge < -0.3 is 19.6 Å². The first kappa shape index (κ1) is 9.76. The highest BCUT2D eigenvalue weighted by molar-refractivity contribution is 5.84. The largest absolute Gasteiger partial charge is 0.491 e. The molecule has 2 aromatic rings. The molecule has 0 spiro atoms. The van der Waals surface area contributed by atoms with E-state index in [1.165, 1.54) is 0 Å². The van der Waals surface area contributed by atoms with Gasteiger partial charge in [0.2, 0.25) is 6.33 Å². The minimum atomic E-state index is -1.27. The van der Waals surface area contributed by atoms with Gasteiger partial charge in [-0.05, 0) is 4.92 Å². The van der Waals surface area contributed by atoms with Crippen LogP contribution in [0.5, 0.6) is 0 Å². The van der Waals surface area contributed by atoms with Crippen LogP contribution >= 0.6 is 0 Å². The third-order valence-corrected chi connectivity index (χ3v) is 1.55. The van der Waals surface area contributed by atoms with E-state index in [0.29, 0.717) is 0 Å². The topological polar surface area (TPSA) is 137 Å². The normalized spacial score (nSPS) is 10.2. The van der Waals surface area contributed by atoms with Crippen LogP contribution in [0.1, 0.15) is 10.5 Å². The number of carboxylic acid groups (broad SMARTS) is 1. The molecule has 0 aromatic carbocycles. The smallest absolute Gasteiger partial charge is 0.476 e. The van der Waals surface area contributed by atoms with Crippen LogP contribution in [-0.2, 0) is 0 Å². The molecule has 0 radical (unpaired) electrons. The Morgan fingerprint density at radius 2 is 2.38 bits per heavy atom. The molecule has 10 nitrogen and oxygen atoms in total. The molecule has 2 heterocycles. The predicted molar refractivity (Wildman–Crippen MR) is 45.0 cm³/mol. The highest BCUT2D eigenvalue weighted by atomic mass is 16.6. The number of hydrogen-bond acceptors (Lipinski definition) is 7. The van der Waals surface area contributed by atoms with E-state index in [9.17, 15) is 14.9 Å². The minimum Gasteiger partial charge on any atom is -0.476 e. The number of aromatic carboxylic acids is 1. The SMILES string of the molecule is O=C(O)c1coc(-n2cnc([N+](=O)[O-])n2)n1. The van der Waals surface area contributed by atoms with E-state index >= 15 is 0 Å². The zero-order chi connectivity index (χ0) is 11.7. The molecule has 0 aliphatic carbocycles. The van der Waals surface area contributed by atoms with Gasteiger partial charge in [-0.2, -0.15) is 4.98 Å². The molecule has 0 unspecified atom stereocenters. The zero-order valence-electron chi connectivity index (χ0n) is 7.47. The first-order chi connectivity index (χ1) is 7.58.